The highest BCUT2D eigenvalue weighted by Crippen LogP contribution is 2.40. The summed E-state index contributed by atoms with van der Waals surface area (Å²) in [5.74, 6) is 0.267. The lowest BCUT2D eigenvalue weighted by atomic mass is 9.88. The summed E-state index contributed by atoms with van der Waals surface area (Å²) in [6.45, 7) is 12.0. The Bertz CT molecular complexity index is 695. The number of carbonyl (C=O) groups is 2. The Morgan fingerprint density at radius 3 is 2.57 bits per heavy atom. The number of thiophene rings is 1. The van der Waals surface area contributed by atoms with Gasteiger partial charge in [0.25, 0.3) is 0 Å². The van der Waals surface area contributed by atoms with Crippen molar-refractivity contribution in [1.29, 1.82) is 0 Å². The summed E-state index contributed by atoms with van der Waals surface area (Å²) in [5, 5.41) is 3.70. The van der Waals surface area contributed by atoms with Gasteiger partial charge < -0.3 is 15.0 Å². The number of piperazine rings is 1. The number of hydrogen-bond donors (Lipinski definition) is 1. The van der Waals surface area contributed by atoms with Gasteiger partial charge in [0.05, 0.1) is 18.7 Å². The van der Waals surface area contributed by atoms with Crippen LogP contribution in [0.25, 0.3) is 0 Å². The SMILES string of the molecule is CCCN1CCN(CC(=O)Nc2sc3c(c2C(=O)OCC)CCC(C)C3)CC1. The molecule has 1 atom stereocenters. The Hall–Kier alpha value is -1.44. The molecule has 2 heterocycles. The number of nitrogens with zero attached hydrogens (tertiary/aromatic N) is 2. The standard InChI is InChI=1S/C21H33N3O3S/c1-4-8-23-9-11-24(12-10-23)14-18(25)22-20-19(21(26)27-5-2)16-7-6-15(3)13-17(16)28-20/h15H,4-14H2,1-3H3,(H,22,25). The monoisotopic (exact) mass is 407 g/mol. The van der Waals surface area contributed by atoms with Crippen LogP contribution in [0, 0.1) is 5.92 Å². The first-order chi connectivity index (χ1) is 13.5. The molecule has 1 aliphatic carbocycles. The number of anilines is 1. The molecule has 7 heteroatoms. The molecule has 1 aromatic rings. The molecule has 1 aromatic heterocycles. The van der Waals surface area contributed by atoms with Gasteiger partial charge in [-0.05, 0) is 50.6 Å². The van der Waals surface area contributed by atoms with E-state index in [0.29, 0.717) is 29.6 Å². The lowest BCUT2D eigenvalue weighted by Crippen LogP contribution is -2.48. The molecule has 1 amide bonds. The summed E-state index contributed by atoms with van der Waals surface area (Å²) < 4.78 is 5.29. The normalized spacial score (nSPS) is 20.6. The molecule has 0 spiro atoms. The number of ether oxygens (including phenoxy) is 1. The van der Waals surface area contributed by atoms with Crippen molar-refractivity contribution < 1.29 is 14.3 Å². The zero-order valence-electron chi connectivity index (χ0n) is 17.4. The Morgan fingerprint density at radius 2 is 1.89 bits per heavy atom. The Morgan fingerprint density at radius 1 is 1.18 bits per heavy atom. The van der Waals surface area contributed by atoms with Gasteiger partial charge in [0.15, 0.2) is 0 Å². The van der Waals surface area contributed by atoms with Crippen LogP contribution in [-0.2, 0) is 22.4 Å². The number of esters is 1. The van der Waals surface area contributed by atoms with Crippen molar-refractivity contribution in [3.63, 3.8) is 0 Å². The maximum Gasteiger partial charge on any atom is 0.341 e. The molecule has 1 unspecified atom stereocenters. The number of carbonyl (C=O) groups excluding carboxylic acids is 2. The second-order valence-electron chi connectivity index (χ2n) is 7.94. The predicted octanol–water partition coefficient (Wildman–Crippen LogP) is 3.02. The van der Waals surface area contributed by atoms with Crippen LogP contribution < -0.4 is 5.32 Å². The van der Waals surface area contributed by atoms with Crippen LogP contribution in [0.3, 0.4) is 0 Å². The smallest absolute Gasteiger partial charge is 0.341 e. The molecule has 0 radical (unpaired) electrons. The lowest BCUT2D eigenvalue weighted by molar-refractivity contribution is -0.117. The van der Waals surface area contributed by atoms with Crippen molar-refractivity contribution in [1.82, 2.24) is 9.80 Å². The summed E-state index contributed by atoms with van der Waals surface area (Å²) in [4.78, 5) is 31.1. The number of hydrogen-bond acceptors (Lipinski definition) is 6. The third-order valence-corrected chi connectivity index (χ3v) is 6.79. The molecule has 0 aromatic carbocycles. The average Bonchev–Trinajstić information content (AvgIpc) is 3.00. The number of fused-ring (bicyclic) bond motifs is 1. The molecule has 1 N–H and O–H groups in total. The summed E-state index contributed by atoms with van der Waals surface area (Å²) in [7, 11) is 0. The summed E-state index contributed by atoms with van der Waals surface area (Å²) in [5.41, 5.74) is 1.68. The fourth-order valence-corrected chi connectivity index (χ4v) is 5.53. The number of rotatable bonds is 7. The molecule has 2 aliphatic rings. The van der Waals surface area contributed by atoms with Crippen molar-refractivity contribution in [3.8, 4) is 0 Å². The van der Waals surface area contributed by atoms with E-state index in [2.05, 4.69) is 29.0 Å². The van der Waals surface area contributed by atoms with Crippen LogP contribution in [-0.4, -0.2) is 67.6 Å². The average molecular weight is 408 g/mol. The molecular weight excluding hydrogens is 374 g/mol. The van der Waals surface area contributed by atoms with Gasteiger partial charge in [0.2, 0.25) is 5.91 Å². The molecule has 156 valence electrons. The lowest BCUT2D eigenvalue weighted by Gasteiger charge is -2.34. The third kappa shape index (κ3) is 5.13. The van der Waals surface area contributed by atoms with E-state index in [1.54, 1.807) is 11.3 Å². The summed E-state index contributed by atoms with van der Waals surface area (Å²) >= 11 is 1.56. The second-order valence-corrected chi connectivity index (χ2v) is 9.05. The summed E-state index contributed by atoms with van der Waals surface area (Å²) in [6.07, 6.45) is 4.10. The predicted molar refractivity (Wildman–Crippen MR) is 113 cm³/mol. The molecule has 28 heavy (non-hydrogen) atoms. The maximum atomic E-state index is 12.7. The van der Waals surface area contributed by atoms with Gasteiger partial charge >= 0.3 is 5.97 Å². The first-order valence-electron chi connectivity index (χ1n) is 10.6. The largest absolute Gasteiger partial charge is 0.462 e. The number of amides is 1. The molecular formula is C21H33N3O3S. The van der Waals surface area contributed by atoms with Crippen LogP contribution in [0.1, 0.15) is 54.4 Å². The van der Waals surface area contributed by atoms with Gasteiger partial charge in [-0.15, -0.1) is 11.3 Å². The van der Waals surface area contributed by atoms with Gasteiger partial charge in [0, 0.05) is 31.1 Å². The topological polar surface area (TPSA) is 61.9 Å². The van der Waals surface area contributed by atoms with E-state index < -0.39 is 0 Å². The minimum atomic E-state index is -0.307. The van der Waals surface area contributed by atoms with E-state index in [1.165, 1.54) is 11.3 Å². The van der Waals surface area contributed by atoms with Crippen LogP contribution in [0.15, 0.2) is 0 Å². The van der Waals surface area contributed by atoms with E-state index in [1.807, 2.05) is 6.92 Å². The maximum absolute atomic E-state index is 12.7. The van der Waals surface area contributed by atoms with E-state index in [9.17, 15) is 9.59 Å². The molecule has 0 saturated carbocycles. The molecule has 0 bridgehead atoms. The van der Waals surface area contributed by atoms with Crippen LogP contribution in [0.2, 0.25) is 0 Å². The van der Waals surface area contributed by atoms with Gasteiger partial charge in [-0.1, -0.05) is 13.8 Å². The highest BCUT2D eigenvalue weighted by Gasteiger charge is 2.29. The fraction of sp³-hybridized carbons (Fsp3) is 0.714. The zero-order chi connectivity index (χ0) is 20.1. The van der Waals surface area contributed by atoms with Crippen molar-refractivity contribution >= 4 is 28.2 Å². The summed E-state index contributed by atoms with van der Waals surface area (Å²) in [6, 6.07) is 0. The van der Waals surface area contributed by atoms with Crippen molar-refractivity contribution in [2.24, 2.45) is 5.92 Å². The first-order valence-corrected chi connectivity index (χ1v) is 11.4. The van der Waals surface area contributed by atoms with Gasteiger partial charge in [-0.25, -0.2) is 4.79 Å². The van der Waals surface area contributed by atoms with Gasteiger partial charge in [0.1, 0.15) is 5.00 Å². The van der Waals surface area contributed by atoms with E-state index in [0.717, 1.165) is 57.5 Å². The second kappa shape index (κ2) is 9.85. The molecule has 3 rings (SSSR count). The van der Waals surface area contributed by atoms with Crippen LogP contribution in [0.5, 0.6) is 0 Å². The van der Waals surface area contributed by atoms with Gasteiger partial charge in [-0.2, -0.15) is 0 Å². The van der Waals surface area contributed by atoms with Gasteiger partial charge in [-0.3, -0.25) is 9.69 Å². The molecule has 1 fully saturated rings. The molecule has 6 nitrogen and oxygen atoms in total. The highest BCUT2D eigenvalue weighted by molar-refractivity contribution is 7.17. The molecule has 1 aliphatic heterocycles. The quantitative estimate of drug-likeness (QED) is 0.704. The first kappa shape index (κ1) is 21.3. The van der Waals surface area contributed by atoms with E-state index in [4.69, 9.17) is 4.74 Å². The number of nitrogens with one attached hydrogen (secondary N) is 1. The van der Waals surface area contributed by atoms with Crippen LogP contribution in [0.4, 0.5) is 5.00 Å². The fourth-order valence-electron chi connectivity index (χ4n) is 4.11. The van der Waals surface area contributed by atoms with E-state index in [-0.39, 0.29) is 11.9 Å². The Balaban J connectivity index is 1.66. The van der Waals surface area contributed by atoms with Crippen molar-refractivity contribution in [2.75, 3.05) is 51.2 Å². The zero-order valence-corrected chi connectivity index (χ0v) is 18.2. The Labute approximate surface area is 172 Å². The minimum absolute atomic E-state index is 0.0406. The highest BCUT2D eigenvalue weighted by atomic mass is 32.1. The van der Waals surface area contributed by atoms with Crippen molar-refractivity contribution in [3.05, 3.63) is 16.0 Å². The van der Waals surface area contributed by atoms with Crippen molar-refractivity contribution in [2.45, 2.75) is 46.5 Å². The van der Waals surface area contributed by atoms with E-state index >= 15 is 0 Å². The third-order valence-electron chi connectivity index (χ3n) is 5.62. The Kier molecular flexibility index (Phi) is 7.48. The van der Waals surface area contributed by atoms with Crippen LogP contribution >= 0.6 is 11.3 Å². The molecule has 1 saturated heterocycles. The minimum Gasteiger partial charge on any atom is -0.462 e.